The minimum atomic E-state index is 0.993. The molecule has 0 unspecified atom stereocenters. The predicted octanol–water partition coefficient (Wildman–Crippen LogP) is 4.15. The molecule has 0 spiro atoms. The SMILES string of the molecule is c1ccc(-c2ncc3ccc4ccccc4n23)cc1. The highest BCUT2D eigenvalue weighted by atomic mass is 15.0. The van der Waals surface area contributed by atoms with Crippen molar-refractivity contribution in [3.8, 4) is 11.4 Å². The zero-order valence-corrected chi connectivity index (χ0v) is 10.3. The average molecular weight is 244 g/mol. The van der Waals surface area contributed by atoms with Crippen LogP contribution >= 0.6 is 0 Å². The molecule has 0 saturated heterocycles. The molecule has 0 saturated carbocycles. The minimum absolute atomic E-state index is 0.993. The molecule has 2 heterocycles. The van der Waals surface area contributed by atoms with Crippen molar-refractivity contribution in [1.29, 1.82) is 0 Å². The summed E-state index contributed by atoms with van der Waals surface area (Å²) in [6.07, 6.45) is 1.93. The van der Waals surface area contributed by atoms with E-state index in [1.165, 1.54) is 10.9 Å². The van der Waals surface area contributed by atoms with E-state index in [0.717, 1.165) is 16.9 Å². The lowest BCUT2D eigenvalue weighted by atomic mass is 10.2. The molecule has 0 amide bonds. The first kappa shape index (κ1) is 10.3. The topological polar surface area (TPSA) is 17.3 Å². The van der Waals surface area contributed by atoms with E-state index in [-0.39, 0.29) is 0 Å². The summed E-state index contributed by atoms with van der Waals surface area (Å²) in [5.74, 6) is 0.993. The molecule has 2 heteroatoms. The van der Waals surface area contributed by atoms with Crippen LogP contribution in [0.5, 0.6) is 0 Å². The van der Waals surface area contributed by atoms with E-state index in [2.05, 4.69) is 57.9 Å². The Labute approximate surface area is 111 Å². The Bertz CT molecular complexity index is 860. The Hall–Kier alpha value is -2.61. The van der Waals surface area contributed by atoms with Crippen molar-refractivity contribution in [3.05, 3.63) is 72.9 Å². The largest absolute Gasteiger partial charge is 0.292 e. The number of rotatable bonds is 1. The molecular weight excluding hydrogens is 232 g/mol. The molecule has 0 aliphatic rings. The first-order valence-corrected chi connectivity index (χ1v) is 6.34. The van der Waals surface area contributed by atoms with Crippen molar-refractivity contribution >= 4 is 16.4 Å². The summed E-state index contributed by atoms with van der Waals surface area (Å²) in [6, 6.07) is 22.9. The molecule has 0 radical (unpaired) electrons. The molecule has 0 N–H and O–H groups in total. The highest BCUT2D eigenvalue weighted by Gasteiger charge is 2.08. The lowest BCUT2D eigenvalue weighted by Gasteiger charge is -2.06. The summed E-state index contributed by atoms with van der Waals surface area (Å²) in [5, 5.41) is 1.23. The van der Waals surface area contributed by atoms with E-state index in [9.17, 15) is 0 Å². The third-order valence-corrected chi connectivity index (χ3v) is 3.43. The van der Waals surface area contributed by atoms with E-state index in [1.807, 2.05) is 24.4 Å². The molecule has 0 atom stereocenters. The van der Waals surface area contributed by atoms with Crippen molar-refractivity contribution in [1.82, 2.24) is 9.38 Å². The van der Waals surface area contributed by atoms with Crippen LogP contribution in [0.1, 0.15) is 0 Å². The first-order chi connectivity index (χ1) is 9.43. The van der Waals surface area contributed by atoms with Gasteiger partial charge in [-0.05, 0) is 17.5 Å². The van der Waals surface area contributed by atoms with Gasteiger partial charge < -0.3 is 0 Å². The van der Waals surface area contributed by atoms with E-state index in [0.29, 0.717) is 0 Å². The minimum Gasteiger partial charge on any atom is -0.292 e. The molecule has 0 aliphatic carbocycles. The van der Waals surface area contributed by atoms with Crippen LogP contribution in [0.15, 0.2) is 72.9 Å². The van der Waals surface area contributed by atoms with Gasteiger partial charge in [0.1, 0.15) is 5.82 Å². The smallest absolute Gasteiger partial charge is 0.144 e. The predicted molar refractivity (Wildman–Crippen MR) is 78.1 cm³/mol. The second kappa shape index (κ2) is 3.95. The maximum absolute atomic E-state index is 4.58. The molecule has 4 aromatic rings. The molecule has 90 valence electrons. The van der Waals surface area contributed by atoms with Crippen molar-refractivity contribution in [2.75, 3.05) is 0 Å². The van der Waals surface area contributed by atoms with Gasteiger partial charge >= 0.3 is 0 Å². The second-order valence-corrected chi connectivity index (χ2v) is 4.60. The molecule has 0 bridgehead atoms. The molecule has 0 fully saturated rings. The Kier molecular flexibility index (Phi) is 2.15. The van der Waals surface area contributed by atoms with Gasteiger partial charge in [0.15, 0.2) is 0 Å². The van der Waals surface area contributed by atoms with Crippen molar-refractivity contribution in [2.45, 2.75) is 0 Å². The van der Waals surface area contributed by atoms with Gasteiger partial charge in [-0.15, -0.1) is 0 Å². The van der Waals surface area contributed by atoms with Crippen LogP contribution in [-0.2, 0) is 0 Å². The maximum Gasteiger partial charge on any atom is 0.144 e. The average Bonchev–Trinajstić information content (AvgIpc) is 2.92. The zero-order chi connectivity index (χ0) is 12.7. The van der Waals surface area contributed by atoms with Crippen LogP contribution in [0.3, 0.4) is 0 Å². The lowest BCUT2D eigenvalue weighted by molar-refractivity contribution is 1.22. The number of benzene rings is 2. The summed E-state index contributed by atoms with van der Waals surface area (Å²) in [5.41, 5.74) is 3.45. The van der Waals surface area contributed by atoms with Gasteiger partial charge in [-0.3, -0.25) is 4.40 Å². The van der Waals surface area contributed by atoms with Gasteiger partial charge in [0.05, 0.1) is 17.2 Å². The molecule has 19 heavy (non-hydrogen) atoms. The third-order valence-electron chi connectivity index (χ3n) is 3.43. The Balaban J connectivity index is 2.15. The lowest BCUT2D eigenvalue weighted by Crippen LogP contribution is -1.91. The summed E-state index contributed by atoms with van der Waals surface area (Å²) >= 11 is 0. The van der Waals surface area contributed by atoms with Gasteiger partial charge in [0.25, 0.3) is 0 Å². The highest BCUT2D eigenvalue weighted by Crippen LogP contribution is 2.24. The zero-order valence-electron chi connectivity index (χ0n) is 10.3. The monoisotopic (exact) mass is 244 g/mol. The van der Waals surface area contributed by atoms with Gasteiger partial charge in [0, 0.05) is 5.56 Å². The Morgan fingerprint density at radius 1 is 0.737 bits per heavy atom. The standard InChI is InChI=1S/C17H12N2/c1-2-7-14(8-3-1)17-18-12-15-11-10-13-6-4-5-9-16(13)19(15)17/h1-12H. The number of imidazole rings is 1. The Morgan fingerprint density at radius 2 is 1.53 bits per heavy atom. The summed E-state index contributed by atoms with van der Waals surface area (Å²) < 4.78 is 2.21. The van der Waals surface area contributed by atoms with Gasteiger partial charge in [-0.2, -0.15) is 0 Å². The molecule has 4 rings (SSSR count). The van der Waals surface area contributed by atoms with Crippen molar-refractivity contribution in [3.63, 3.8) is 0 Å². The van der Waals surface area contributed by atoms with Gasteiger partial charge in [0.2, 0.25) is 0 Å². The van der Waals surface area contributed by atoms with Crippen LogP contribution < -0.4 is 0 Å². The number of pyridine rings is 1. The fourth-order valence-electron chi connectivity index (χ4n) is 2.53. The van der Waals surface area contributed by atoms with Crippen LogP contribution in [0.25, 0.3) is 27.8 Å². The van der Waals surface area contributed by atoms with Crippen LogP contribution in [0.4, 0.5) is 0 Å². The van der Waals surface area contributed by atoms with E-state index < -0.39 is 0 Å². The van der Waals surface area contributed by atoms with E-state index in [1.54, 1.807) is 0 Å². The summed E-state index contributed by atoms with van der Waals surface area (Å²) in [6.45, 7) is 0. The fraction of sp³-hybridized carbons (Fsp3) is 0. The fourth-order valence-corrected chi connectivity index (χ4v) is 2.53. The number of fused-ring (bicyclic) bond motifs is 3. The van der Waals surface area contributed by atoms with Crippen molar-refractivity contribution in [2.24, 2.45) is 0 Å². The number of hydrogen-bond donors (Lipinski definition) is 0. The summed E-state index contributed by atoms with van der Waals surface area (Å²) in [4.78, 5) is 4.58. The van der Waals surface area contributed by atoms with Gasteiger partial charge in [-0.25, -0.2) is 4.98 Å². The molecule has 2 aromatic heterocycles. The highest BCUT2D eigenvalue weighted by molar-refractivity contribution is 5.84. The Morgan fingerprint density at radius 3 is 2.42 bits per heavy atom. The van der Waals surface area contributed by atoms with E-state index in [4.69, 9.17) is 0 Å². The third kappa shape index (κ3) is 1.54. The van der Waals surface area contributed by atoms with Crippen LogP contribution in [-0.4, -0.2) is 9.38 Å². The molecule has 2 aromatic carbocycles. The van der Waals surface area contributed by atoms with Crippen LogP contribution in [0.2, 0.25) is 0 Å². The normalized spacial score (nSPS) is 11.2. The number of hydrogen-bond acceptors (Lipinski definition) is 1. The maximum atomic E-state index is 4.58. The molecular formula is C17H12N2. The van der Waals surface area contributed by atoms with Crippen molar-refractivity contribution < 1.29 is 0 Å². The first-order valence-electron chi connectivity index (χ1n) is 6.34. The molecule has 0 aliphatic heterocycles. The number of para-hydroxylation sites is 1. The van der Waals surface area contributed by atoms with Gasteiger partial charge in [-0.1, -0.05) is 54.6 Å². The number of aromatic nitrogens is 2. The van der Waals surface area contributed by atoms with Crippen LogP contribution in [0, 0.1) is 0 Å². The second-order valence-electron chi connectivity index (χ2n) is 4.60. The summed E-state index contributed by atoms with van der Waals surface area (Å²) in [7, 11) is 0. The van der Waals surface area contributed by atoms with E-state index >= 15 is 0 Å². The molecule has 2 nitrogen and oxygen atoms in total. The quantitative estimate of drug-likeness (QED) is 0.491. The number of nitrogens with zero attached hydrogens (tertiary/aromatic N) is 2.